The van der Waals surface area contributed by atoms with Gasteiger partial charge in [-0.2, -0.15) is 0 Å². The minimum absolute atomic E-state index is 0.0641. The Bertz CT molecular complexity index is 938. The van der Waals surface area contributed by atoms with Crippen LogP contribution in [0.2, 0.25) is 0 Å². The van der Waals surface area contributed by atoms with E-state index in [1.807, 2.05) is 53.4 Å². The summed E-state index contributed by atoms with van der Waals surface area (Å²) in [4.78, 5) is 30.4. The third kappa shape index (κ3) is 3.03. The summed E-state index contributed by atoms with van der Waals surface area (Å²) in [6.07, 6.45) is 5.35. The Balaban J connectivity index is 1.49. The summed E-state index contributed by atoms with van der Waals surface area (Å²) in [5.74, 6) is 0.269. The molecule has 1 aliphatic carbocycles. The number of hydrogen-bond acceptors (Lipinski definition) is 3. The zero-order valence-corrected chi connectivity index (χ0v) is 17.1. The molecular weight excluding hydrogens is 376 g/mol. The number of likely N-dealkylation sites (tertiary alicyclic amines) is 1. The summed E-state index contributed by atoms with van der Waals surface area (Å²) in [6.45, 7) is 0.427. The number of carbonyl (C=O) groups excluding carboxylic acids is 2. The molecule has 5 heteroatoms. The van der Waals surface area contributed by atoms with Crippen molar-refractivity contribution in [2.24, 2.45) is 5.92 Å². The maximum Gasteiger partial charge on any atom is 0.254 e. The first-order valence-corrected chi connectivity index (χ1v) is 11.1. The lowest BCUT2D eigenvalue weighted by atomic mass is 9.71. The first kappa shape index (κ1) is 19.3. The van der Waals surface area contributed by atoms with Gasteiger partial charge in [-0.1, -0.05) is 55.7 Å². The van der Waals surface area contributed by atoms with E-state index in [0.717, 1.165) is 36.9 Å². The molecule has 1 N–H and O–H groups in total. The van der Waals surface area contributed by atoms with E-state index >= 15 is 0 Å². The van der Waals surface area contributed by atoms with Crippen molar-refractivity contribution in [2.45, 2.75) is 50.1 Å². The zero-order chi connectivity index (χ0) is 20.7. The van der Waals surface area contributed by atoms with E-state index in [1.165, 1.54) is 6.42 Å². The summed E-state index contributed by atoms with van der Waals surface area (Å²) >= 11 is 0. The lowest BCUT2D eigenvalue weighted by Crippen LogP contribution is -2.71. The quantitative estimate of drug-likeness (QED) is 0.851. The molecule has 0 spiro atoms. The van der Waals surface area contributed by atoms with Gasteiger partial charge in [0.1, 0.15) is 0 Å². The number of rotatable bonds is 3. The molecule has 2 aliphatic heterocycles. The molecule has 0 unspecified atom stereocenters. The van der Waals surface area contributed by atoms with Crippen LogP contribution in [-0.2, 0) is 4.79 Å². The number of amides is 2. The van der Waals surface area contributed by atoms with Gasteiger partial charge in [-0.15, -0.1) is 0 Å². The normalized spacial score (nSPS) is 25.8. The highest BCUT2D eigenvalue weighted by Gasteiger charge is 2.55. The van der Waals surface area contributed by atoms with Gasteiger partial charge >= 0.3 is 0 Å². The number of hydrogen-bond donors (Lipinski definition) is 1. The number of carbonyl (C=O) groups is 2. The molecule has 3 atom stereocenters. The monoisotopic (exact) mass is 404 g/mol. The second-order valence-corrected chi connectivity index (χ2v) is 8.76. The van der Waals surface area contributed by atoms with Crippen LogP contribution in [0.25, 0.3) is 0 Å². The van der Waals surface area contributed by atoms with Gasteiger partial charge in [-0.05, 0) is 36.6 Å². The van der Waals surface area contributed by atoms with Crippen molar-refractivity contribution >= 4 is 17.5 Å². The fourth-order valence-electron chi connectivity index (χ4n) is 5.67. The summed E-state index contributed by atoms with van der Waals surface area (Å²) in [5, 5.41) is 10.1. The second-order valence-electron chi connectivity index (χ2n) is 8.76. The first-order chi connectivity index (χ1) is 14.7. The fraction of sp³-hybridized carbons (Fsp3) is 0.440. The van der Waals surface area contributed by atoms with E-state index in [4.69, 9.17) is 0 Å². The molecule has 0 radical (unpaired) electrons. The topological polar surface area (TPSA) is 60.9 Å². The average Bonchev–Trinajstić information content (AvgIpc) is 2.80. The Labute approximate surface area is 177 Å². The van der Waals surface area contributed by atoms with Crippen molar-refractivity contribution in [3.8, 4) is 0 Å². The predicted molar refractivity (Wildman–Crippen MR) is 115 cm³/mol. The van der Waals surface area contributed by atoms with Gasteiger partial charge < -0.3 is 14.9 Å². The molecule has 2 aromatic rings. The molecule has 2 aromatic carbocycles. The largest absolute Gasteiger partial charge is 0.394 e. The van der Waals surface area contributed by atoms with Gasteiger partial charge in [0.2, 0.25) is 5.91 Å². The van der Waals surface area contributed by atoms with E-state index in [-0.39, 0.29) is 42.3 Å². The van der Waals surface area contributed by atoms with E-state index in [0.29, 0.717) is 12.1 Å². The molecule has 0 bridgehead atoms. The number of aliphatic hydroxyl groups excluding tert-OH is 1. The molecule has 1 saturated heterocycles. The molecule has 156 valence electrons. The Morgan fingerprint density at radius 3 is 2.37 bits per heavy atom. The Kier molecular flexibility index (Phi) is 5.07. The Hall–Kier alpha value is -2.66. The lowest BCUT2D eigenvalue weighted by molar-refractivity contribution is -0.124. The highest BCUT2D eigenvalue weighted by Crippen LogP contribution is 2.49. The van der Waals surface area contributed by atoms with E-state index in [2.05, 4.69) is 6.07 Å². The number of para-hydroxylation sites is 1. The van der Waals surface area contributed by atoms with Gasteiger partial charge in [0, 0.05) is 29.6 Å². The third-order valence-electron chi connectivity index (χ3n) is 7.16. The molecule has 2 amide bonds. The van der Waals surface area contributed by atoms with E-state index in [1.54, 1.807) is 4.90 Å². The Morgan fingerprint density at radius 1 is 0.933 bits per heavy atom. The van der Waals surface area contributed by atoms with Crippen LogP contribution in [0.3, 0.4) is 0 Å². The highest BCUT2D eigenvalue weighted by molar-refractivity contribution is 5.99. The summed E-state index contributed by atoms with van der Waals surface area (Å²) < 4.78 is 0. The maximum atomic E-state index is 13.5. The van der Waals surface area contributed by atoms with Crippen LogP contribution in [0.1, 0.15) is 53.9 Å². The molecule has 2 heterocycles. The number of benzene rings is 2. The van der Waals surface area contributed by atoms with Crippen molar-refractivity contribution in [1.29, 1.82) is 0 Å². The number of nitrogens with zero attached hydrogens (tertiary/aromatic N) is 2. The molecule has 30 heavy (non-hydrogen) atoms. The standard InChI is InChI=1S/C25H28N2O3/c28-16-22-23-19-13-7-8-14-20(19)26(24(29)17-9-3-1-4-10-17)15-21(23)27(22)25(30)18-11-5-2-6-12-18/h2,5-8,11-14,17,21-23,28H,1,3-4,9-10,15-16H2/t21-,22-,23+/m0/s1. The Morgan fingerprint density at radius 2 is 1.63 bits per heavy atom. The molecular formula is C25H28N2O3. The molecule has 3 aliphatic rings. The minimum Gasteiger partial charge on any atom is -0.394 e. The van der Waals surface area contributed by atoms with Crippen molar-refractivity contribution in [2.75, 3.05) is 18.1 Å². The highest BCUT2D eigenvalue weighted by atomic mass is 16.3. The van der Waals surface area contributed by atoms with Crippen LogP contribution in [0, 0.1) is 5.92 Å². The summed E-state index contributed by atoms with van der Waals surface area (Å²) in [5.41, 5.74) is 2.66. The van der Waals surface area contributed by atoms with Crippen molar-refractivity contribution in [1.82, 2.24) is 4.90 Å². The van der Waals surface area contributed by atoms with Crippen molar-refractivity contribution < 1.29 is 14.7 Å². The molecule has 5 rings (SSSR count). The molecule has 5 nitrogen and oxygen atoms in total. The third-order valence-corrected chi connectivity index (χ3v) is 7.16. The second kappa shape index (κ2) is 7.88. The molecule has 2 fully saturated rings. The molecule has 0 aromatic heterocycles. The molecule has 1 saturated carbocycles. The van der Waals surface area contributed by atoms with Crippen molar-refractivity contribution in [3.63, 3.8) is 0 Å². The van der Waals surface area contributed by atoms with E-state index < -0.39 is 0 Å². The summed E-state index contributed by atoms with van der Waals surface area (Å²) in [6, 6.07) is 16.9. The van der Waals surface area contributed by atoms with Gasteiger partial charge in [-0.25, -0.2) is 0 Å². The zero-order valence-electron chi connectivity index (χ0n) is 17.1. The van der Waals surface area contributed by atoms with Crippen LogP contribution < -0.4 is 4.90 Å². The van der Waals surface area contributed by atoms with E-state index in [9.17, 15) is 14.7 Å². The van der Waals surface area contributed by atoms with Crippen LogP contribution >= 0.6 is 0 Å². The predicted octanol–water partition coefficient (Wildman–Crippen LogP) is 3.58. The van der Waals surface area contributed by atoms with Gasteiger partial charge in [0.05, 0.1) is 18.7 Å². The fourth-order valence-corrected chi connectivity index (χ4v) is 5.67. The van der Waals surface area contributed by atoms with Gasteiger partial charge in [0.25, 0.3) is 5.91 Å². The number of anilines is 1. The smallest absolute Gasteiger partial charge is 0.254 e. The number of fused-ring (bicyclic) bond motifs is 3. The average molecular weight is 405 g/mol. The summed E-state index contributed by atoms with van der Waals surface area (Å²) in [7, 11) is 0. The maximum absolute atomic E-state index is 13.5. The van der Waals surface area contributed by atoms with Gasteiger partial charge in [0.15, 0.2) is 0 Å². The minimum atomic E-state index is -0.254. The van der Waals surface area contributed by atoms with Crippen LogP contribution in [-0.4, -0.2) is 47.1 Å². The lowest BCUT2D eigenvalue weighted by Gasteiger charge is -2.59. The van der Waals surface area contributed by atoms with Crippen LogP contribution in [0.4, 0.5) is 5.69 Å². The van der Waals surface area contributed by atoms with Crippen molar-refractivity contribution in [3.05, 3.63) is 65.7 Å². The van der Waals surface area contributed by atoms with Crippen LogP contribution in [0.15, 0.2) is 54.6 Å². The first-order valence-electron chi connectivity index (χ1n) is 11.1. The van der Waals surface area contributed by atoms with Gasteiger partial charge in [-0.3, -0.25) is 9.59 Å². The number of aliphatic hydroxyl groups is 1. The SMILES string of the molecule is O=C(C1CCCCC1)N1C[C@H]2[C@@H](c3ccccc31)[C@H](CO)N2C(=O)c1ccccc1. The van der Waals surface area contributed by atoms with Crippen LogP contribution in [0.5, 0.6) is 0 Å².